The summed E-state index contributed by atoms with van der Waals surface area (Å²) in [6.45, 7) is 4.06. The number of hydrogen-bond acceptors (Lipinski definition) is 5. The highest BCUT2D eigenvalue weighted by Gasteiger charge is 2.41. The molecule has 1 unspecified atom stereocenters. The molecule has 2 saturated heterocycles. The SMILES string of the molecule is CC1(C)OCC(C2CC(=O)OC(=O)C2)O1. The minimum absolute atomic E-state index is 0.111. The van der Waals surface area contributed by atoms with E-state index in [1.54, 1.807) is 0 Å². The van der Waals surface area contributed by atoms with E-state index < -0.39 is 17.7 Å². The molecule has 2 rings (SSSR count). The third-order valence-corrected chi connectivity index (χ3v) is 2.64. The first kappa shape index (κ1) is 10.6. The molecule has 0 aromatic rings. The second-order valence-corrected chi connectivity index (χ2v) is 4.38. The molecule has 0 bridgehead atoms. The molecule has 1 atom stereocenters. The summed E-state index contributed by atoms with van der Waals surface area (Å²) in [6.07, 6.45) is 0.280. The Kier molecular flexibility index (Phi) is 2.52. The Morgan fingerprint density at radius 3 is 2.27 bits per heavy atom. The standard InChI is InChI=1S/C10H14O5/c1-10(2)13-5-7(15-10)6-3-8(11)14-9(12)4-6/h6-7H,3-5H2,1-2H3. The van der Waals surface area contributed by atoms with Crippen molar-refractivity contribution in [1.82, 2.24) is 0 Å². The molecule has 0 aliphatic carbocycles. The average Bonchev–Trinajstić information content (AvgIpc) is 2.44. The van der Waals surface area contributed by atoms with Crippen molar-refractivity contribution >= 4 is 11.9 Å². The molecular formula is C10H14O5. The van der Waals surface area contributed by atoms with Crippen LogP contribution in [0.25, 0.3) is 0 Å². The summed E-state index contributed by atoms with van der Waals surface area (Å²) in [4.78, 5) is 22.1. The van der Waals surface area contributed by atoms with Crippen LogP contribution >= 0.6 is 0 Å². The average molecular weight is 214 g/mol. The Labute approximate surface area is 87.7 Å². The van der Waals surface area contributed by atoms with Gasteiger partial charge < -0.3 is 14.2 Å². The van der Waals surface area contributed by atoms with Crippen LogP contribution in [0.2, 0.25) is 0 Å². The number of esters is 2. The summed E-state index contributed by atoms with van der Waals surface area (Å²) in [5.74, 6) is -1.66. The van der Waals surface area contributed by atoms with Gasteiger partial charge in [0, 0.05) is 5.92 Å². The third-order valence-electron chi connectivity index (χ3n) is 2.64. The number of carbonyl (C=O) groups is 2. The minimum Gasteiger partial charge on any atom is -0.393 e. The second-order valence-electron chi connectivity index (χ2n) is 4.38. The Balaban J connectivity index is 1.99. The lowest BCUT2D eigenvalue weighted by Crippen LogP contribution is -2.35. The molecule has 84 valence electrons. The normalized spacial score (nSPS) is 31.7. The Hall–Kier alpha value is -0.940. The lowest BCUT2D eigenvalue weighted by Gasteiger charge is -2.25. The van der Waals surface area contributed by atoms with Crippen molar-refractivity contribution in [1.29, 1.82) is 0 Å². The number of hydrogen-bond donors (Lipinski definition) is 0. The molecule has 2 aliphatic rings. The summed E-state index contributed by atoms with van der Waals surface area (Å²) >= 11 is 0. The molecule has 2 heterocycles. The van der Waals surface area contributed by atoms with E-state index >= 15 is 0 Å². The molecule has 0 spiro atoms. The van der Waals surface area contributed by atoms with Crippen molar-refractivity contribution in [3.8, 4) is 0 Å². The van der Waals surface area contributed by atoms with Crippen LogP contribution in [0.4, 0.5) is 0 Å². The Bertz CT molecular complexity index is 280. The van der Waals surface area contributed by atoms with Gasteiger partial charge in [0.1, 0.15) is 0 Å². The van der Waals surface area contributed by atoms with Crippen LogP contribution in [0.3, 0.4) is 0 Å². The van der Waals surface area contributed by atoms with Crippen molar-refractivity contribution in [3.63, 3.8) is 0 Å². The smallest absolute Gasteiger partial charge is 0.313 e. The lowest BCUT2D eigenvalue weighted by molar-refractivity contribution is -0.172. The third kappa shape index (κ3) is 2.35. The summed E-state index contributed by atoms with van der Waals surface area (Å²) in [5, 5.41) is 0. The molecule has 0 saturated carbocycles. The molecule has 15 heavy (non-hydrogen) atoms. The number of carbonyl (C=O) groups excluding carboxylic acids is 2. The minimum atomic E-state index is -0.616. The van der Waals surface area contributed by atoms with Gasteiger partial charge in [0.15, 0.2) is 5.79 Å². The Morgan fingerprint density at radius 2 is 1.80 bits per heavy atom. The van der Waals surface area contributed by atoms with Crippen LogP contribution in [0.1, 0.15) is 26.7 Å². The van der Waals surface area contributed by atoms with Crippen LogP contribution in [0.15, 0.2) is 0 Å². The van der Waals surface area contributed by atoms with E-state index in [4.69, 9.17) is 9.47 Å². The summed E-state index contributed by atoms with van der Waals surface area (Å²) in [7, 11) is 0. The molecule has 0 amide bonds. The highest BCUT2D eigenvalue weighted by atomic mass is 16.7. The van der Waals surface area contributed by atoms with Gasteiger partial charge in [0.25, 0.3) is 0 Å². The monoisotopic (exact) mass is 214 g/mol. The van der Waals surface area contributed by atoms with Gasteiger partial charge in [-0.15, -0.1) is 0 Å². The first-order valence-electron chi connectivity index (χ1n) is 5.01. The largest absolute Gasteiger partial charge is 0.393 e. The van der Waals surface area contributed by atoms with Crippen LogP contribution < -0.4 is 0 Å². The Morgan fingerprint density at radius 1 is 1.20 bits per heavy atom. The maximum absolute atomic E-state index is 11.1. The van der Waals surface area contributed by atoms with E-state index in [1.807, 2.05) is 13.8 Å². The molecule has 5 nitrogen and oxygen atoms in total. The van der Waals surface area contributed by atoms with E-state index in [1.165, 1.54) is 0 Å². The fourth-order valence-electron chi connectivity index (χ4n) is 1.92. The molecule has 0 aromatic carbocycles. The maximum atomic E-state index is 11.1. The first-order chi connectivity index (χ1) is 6.96. The molecule has 2 fully saturated rings. The van der Waals surface area contributed by atoms with Gasteiger partial charge in [-0.1, -0.05) is 0 Å². The quantitative estimate of drug-likeness (QED) is 0.473. The number of cyclic esters (lactones) is 2. The fourth-order valence-corrected chi connectivity index (χ4v) is 1.92. The number of rotatable bonds is 1. The van der Waals surface area contributed by atoms with Crippen LogP contribution in [-0.4, -0.2) is 30.4 Å². The summed E-state index contributed by atoms with van der Waals surface area (Å²) < 4.78 is 15.4. The molecule has 0 radical (unpaired) electrons. The molecule has 0 N–H and O–H groups in total. The van der Waals surface area contributed by atoms with Gasteiger partial charge in [-0.05, 0) is 13.8 Å². The lowest BCUT2D eigenvalue weighted by atomic mass is 9.93. The summed E-state index contributed by atoms with van der Waals surface area (Å²) in [6, 6.07) is 0. The van der Waals surface area contributed by atoms with Crippen LogP contribution in [0.5, 0.6) is 0 Å². The van der Waals surface area contributed by atoms with Crippen molar-refractivity contribution < 1.29 is 23.8 Å². The van der Waals surface area contributed by atoms with Gasteiger partial charge in [-0.25, -0.2) is 0 Å². The zero-order chi connectivity index (χ0) is 11.1. The second kappa shape index (κ2) is 3.57. The van der Waals surface area contributed by atoms with E-state index in [2.05, 4.69) is 4.74 Å². The van der Waals surface area contributed by atoms with Crippen LogP contribution in [0, 0.1) is 5.92 Å². The van der Waals surface area contributed by atoms with Gasteiger partial charge in [-0.3, -0.25) is 9.59 Å². The molecule has 5 heteroatoms. The van der Waals surface area contributed by atoms with Gasteiger partial charge in [-0.2, -0.15) is 0 Å². The van der Waals surface area contributed by atoms with E-state index in [9.17, 15) is 9.59 Å². The van der Waals surface area contributed by atoms with E-state index in [-0.39, 0.29) is 24.9 Å². The van der Waals surface area contributed by atoms with Crippen molar-refractivity contribution in [2.24, 2.45) is 5.92 Å². The first-order valence-corrected chi connectivity index (χ1v) is 5.01. The van der Waals surface area contributed by atoms with E-state index in [0.29, 0.717) is 6.61 Å². The zero-order valence-electron chi connectivity index (χ0n) is 8.82. The van der Waals surface area contributed by atoms with E-state index in [0.717, 1.165) is 0 Å². The van der Waals surface area contributed by atoms with Crippen LogP contribution in [-0.2, 0) is 23.8 Å². The predicted molar refractivity (Wildman–Crippen MR) is 48.7 cm³/mol. The highest BCUT2D eigenvalue weighted by Crippen LogP contribution is 2.31. The molecule has 0 aromatic heterocycles. The summed E-state index contributed by atoms with van der Waals surface area (Å²) in [5.41, 5.74) is 0. The van der Waals surface area contributed by atoms with Gasteiger partial charge in [0.2, 0.25) is 0 Å². The van der Waals surface area contributed by atoms with Crippen molar-refractivity contribution in [2.75, 3.05) is 6.61 Å². The highest BCUT2D eigenvalue weighted by molar-refractivity contribution is 5.88. The van der Waals surface area contributed by atoms with Crippen molar-refractivity contribution in [3.05, 3.63) is 0 Å². The predicted octanol–water partition coefficient (Wildman–Crippen LogP) is 0.618. The molecular weight excluding hydrogens is 200 g/mol. The van der Waals surface area contributed by atoms with Gasteiger partial charge >= 0.3 is 11.9 Å². The van der Waals surface area contributed by atoms with Gasteiger partial charge in [0.05, 0.1) is 25.6 Å². The maximum Gasteiger partial charge on any atom is 0.313 e. The topological polar surface area (TPSA) is 61.8 Å². The van der Waals surface area contributed by atoms with Crippen molar-refractivity contribution in [2.45, 2.75) is 38.6 Å². The number of ether oxygens (including phenoxy) is 3. The molecule has 2 aliphatic heterocycles. The zero-order valence-corrected chi connectivity index (χ0v) is 8.82. The fraction of sp³-hybridized carbons (Fsp3) is 0.800.